The van der Waals surface area contributed by atoms with Gasteiger partial charge in [0.15, 0.2) is 11.6 Å². The molecule has 0 aliphatic heterocycles. The Morgan fingerprint density at radius 1 is 1.04 bits per heavy atom. The summed E-state index contributed by atoms with van der Waals surface area (Å²) < 4.78 is 32.2. The molecular formula is C20H19F2N3O2. The van der Waals surface area contributed by atoms with Gasteiger partial charge in [-0.05, 0) is 56.0 Å². The van der Waals surface area contributed by atoms with Gasteiger partial charge in [-0.15, -0.1) is 0 Å². The van der Waals surface area contributed by atoms with E-state index >= 15 is 0 Å². The summed E-state index contributed by atoms with van der Waals surface area (Å²) >= 11 is 0. The lowest BCUT2D eigenvalue weighted by Gasteiger charge is -2.26. The molecule has 1 heterocycles. The maximum absolute atomic E-state index is 13.7. The molecule has 0 spiro atoms. The van der Waals surface area contributed by atoms with Gasteiger partial charge in [-0.25, -0.2) is 18.7 Å². The van der Waals surface area contributed by atoms with Gasteiger partial charge in [0.25, 0.3) is 0 Å². The first-order chi connectivity index (χ1) is 13.1. The molecule has 3 aromatic rings. The molecule has 0 radical (unpaired) electrons. The van der Waals surface area contributed by atoms with Crippen LogP contribution in [0.2, 0.25) is 0 Å². The number of hydrogen-bond donors (Lipinski definition) is 2. The Bertz CT molecular complexity index is 959. The van der Waals surface area contributed by atoms with E-state index in [1.54, 1.807) is 24.4 Å². The molecule has 0 bridgehead atoms. The maximum Gasteiger partial charge on any atom is 0.223 e. The molecule has 140 valence electrons. The summed E-state index contributed by atoms with van der Waals surface area (Å²) in [4.78, 5) is 8.84. The number of ether oxygens (including phenoxy) is 1. The number of aliphatic hydroxyl groups is 1. The summed E-state index contributed by atoms with van der Waals surface area (Å²) in [6.07, 6.45) is 4.82. The van der Waals surface area contributed by atoms with Crippen molar-refractivity contribution in [3.05, 3.63) is 54.2 Å². The normalized spacial score (nSPS) is 19.8. The van der Waals surface area contributed by atoms with Gasteiger partial charge >= 0.3 is 0 Å². The highest BCUT2D eigenvalue weighted by molar-refractivity contribution is 5.80. The number of aromatic nitrogens is 2. The van der Waals surface area contributed by atoms with Gasteiger partial charge in [0.2, 0.25) is 5.95 Å². The molecule has 1 aromatic heterocycles. The summed E-state index contributed by atoms with van der Waals surface area (Å²) in [6.45, 7) is 0. The SMILES string of the molecule is OC1CCC(Nc2ncc3cc(Oc4ccc(F)cc4F)ccc3n2)CC1. The molecule has 0 unspecified atom stereocenters. The molecule has 27 heavy (non-hydrogen) atoms. The quantitative estimate of drug-likeness (QED) is 0.711. The van der Waals surface area contributed by atoms with Crippen LogP contribution in [0.5, 0.6) is 11.5 Å². The Morgan fingerprint density at radius 2 is 1.85 bits per heavy atom. The smallest absolute Gasteiger partial charge is 0.223 e. The number of halogens is 2. The van der Waals surface area contributed by atoms with Crippen molar-refractivity contribution in [3.8, 4) is 11.5 Å². The molecule has 0 saturated heterocycles. The third-order valence-electron chi connectivity index (χ3n) is 4.70. The van der Waals surface area contributed by atoms with Crippen molar-refractivity contribution >= 4 is 16.9 Å². The Kier molecular flexibility index (Phi) is 4.85. The highest BCUT2D eigenvalue weighted by Gasteiger charge is 2.19. The van der Waals surface area contributed by atoms with Crippen LogP contribution in [0.25, 0.3) is 10.9 Å². The van der Waals surface area contributed by atoms with Crippen LogP contribution in [-0.2, 0) is 0 Å². The van der Waals surface area contributed by atoms with Crippen LogP contribution in [0.3, 0.4) is 0 Å². The predicted molar refractivity (Wildman–Crippen MR) is 97.9 cm³/mol. The number of nitrogens with zero attached hydrogens (tertiary/aromatic N) is 2. The second-order valence-corrected chi connectivity index (χ2v) is 6.74. The molecule has 1 saturated carbocycles. The fourth-order valence-corrected chi connectivity index (χ4v) is 3.23. The summed E-state index contributed by atoms with van der Waals surface area (Å²) in [7, 11) is 0. The van der Waals surface area contributed by atoms with E-state index < -0.39 is 11.6 Å². The van der Waals surface area contributed by atoms with E-state index in [0.29, 0.717) is 11.7 Å². The average Bonchev–Trinajstić information content (AvgIpc) is 2.66. The number of nitrogens with one attached hydrogen (secondary N) is 1. The number of hydrogen-bond acceptors (Lipinski definition) is 5. The third kappa shape index (κ3) is 4.14. The molecule has 0 atom stereocenters. The fourth-order valence-electron chi connectivity index (χ4n) is 3.23. The van der Waals surface area contributed by atoms with Crippen molar-refractivity contribution in [3.63, 3.8) is 0 Å². The average molecular weight is 371 g/mol. The van der Waals surface area contributed by atoms with Crippen molar-refractivity contribution in [2.24, 2.45) is 0 Å². The van der Waals surface area contributed by atoms with E-state index in [1.807, 2.05) is 0 Å². The first-order valence-electron chi connectivity index (χ1n) is 8.91. The van der Waals surface area contributed by atoms with Crippen LogP contribution < -0.4 is 10.1 Å². The molecule has 0 amide bonds. The first kappa shape index (κ1) is 17.6. The summed E-state index contributed by atoms with van der Waals surface area (Å²) in [5, 5.41) is 13.6. The maximum atomic E-state index is 13.7. The van der Waals surface area contributed by atoms with Gasteiger partial charge in [-0.2, -0.15) is 0 Å². The van der Waals surface area contributed by atoms with Gasteiger partial charge in [-0.3, -0.25) is 0 Å². The minimum Gasteiger partial charge on any atom is -0.454 e. The van der Waals surface area contributed by atoms with Gasteiger partial charge in [0.1, 0.15) is 11.6 Å². The largest absolute Gasteiger partial charge is 0.454 e. The number of benzene rings is 2. The predicted octanol–water partition coefficient (Wildman–Crippen LogP) is 4.42. The monoisotopic (exact) mass is 371 g/mol. The van der Waals surface area contributed by atoms with Crippen LogP contribution in [0.4, 0.5) is 14.7 Å². The Balaban J connectivity index is 1.50. The third-order valence-corrected chi connectivity index (χ3v) is 4.70. The number of aliphatic hydroxyl groups excluding tert-OH is 1. The van der Waals surface area contributed by atoms with Crippen molar-refractivity contribution in [2.45, 2.75) is 37.8 Å². The molecule has 4 rings (SSSR count). The van der Waals surface area contributed by atoms with Crippen molar-refractivity contribution in [2.75, 3.05) is 5.32 Å². The number of rotatable bonds is 4. The van der Waals surface area contributed by atoms with Crippen molar-refractivity contribution in [1.82, 2.24) is 9.97 Å². The minimum absolute atomic E-state index is 0.0468. The topological polar surface area (TPSA) is 67.3 Å². The van der Waals surface area contributed by atoms with E-state index in [-0.39, 0.29) is 17.9 Å². The zero-order valence-electron chi connectivity index (χ0n) is 14.5. The van der Waals surface area contributed by atoms with Crippen LogP contribution >= 0.6 is 0 Å². The van der Waals surface area contributed by atoms with E-state index in [4.69, 9.17) is 4.74 Å². The molecule has 1 aliphatic carbocycles. The number of anilines is 1. The van der Waals surface area contributed by atoms with Crippen molar-refractivity contribution in [1.29, 1.82) is 0 Å². The van der Waals surface area contributed by atoms with Gasteiger partial charge in [0, 0.05) is 23.7 Å². The Labute approximate surface area is 155 Å². The molecule has 1 fully saturated rings. The molecule has 5 nitrogen and oxygen atoms in total. The zero-order chi connectivity index (χ0) is 18.8. The summed E-state index contributed by atoms with van der Waals surface area (Å²) in [6, 6.07) is 8.59. The Morgan fingerprint density at radius 3 is 2.63 bits per heavy atom. The lowest BCUT2D eigenvalue weighted by Crippen LogP contribution is -2.28. The fraction of sp³-hybridized carbons (Fsp3) is 0.300. The number of fused-ring (bicyclic) bond motifs is 1. The lowest BCUT2D eigenvalue weighted by molar-refractivity contribution is 0.126. The van der Waals surface area contributed by atoms with E-state index in [0.717, 1.165) is 48.7 Å². The molecule has 1 aliphatic rings. The highest BCUT2D eigenvalue weighted by atomic mass is 19.1. The van der Waals surface area contributed by atoms with Gasteiger partial charge in [-0.1, -0.05) is 0 Å². The second kappa shape index (κ2) is 7.44. The first-order valence-corrected chi connectivity index (χ1v) is 8.91. The highest BCUT2D eigenvalue weighted by Crippen LogP contribution is 2.28. The zero-order valence-corrected chi connectivity index (χ0v) is 14.5. The molecule has 2 aromatic carbocycles. The molecule has 2 N–H and O–H groups in total. The van der Waals surface area contributed by atoms with Crippen LogP contribution in [0, 0.1) is 11.6 Å². The molecule has 7 heteroatoms. The Hall–Kier alpha value is -2.80. The van der Waals surface area contributed by atoms with Crippen molar-refractivity contribution < 1.29 is 18.6 Å². The van der Waals surface area contributed by atoms with Crippen LogP contribution in [-0.4, -0.2) is 27.2 Å². The van der Waals surface area contributed by atoms with Crippen LogP contribution in [0.15, 0.2) is 42.6 Å². The van der Waals surface area contributed by atoms with Gasteiger partial charge in [0.05, 0.1) is 11.6 Å². The van der Waals surface area contributed by atoms with E-state index in [2.05, 4.69) is 15.3 Å². The van der Waals surface area contributed by atoms with Crippen LogP contribution in [0.1, 0.15) is 25.7 Å². The van der Waals surface area contributed by atoms with E-state index in [1.165, 1.54) is 6.07 Å². The lowest BCUT2D eigenvalue weighted by atomic mass is 9.93. The summed E-state index contributed by atoms with van der Waals surface area (Å²) in [5.41, 5.74) is 0.732. The van der Waals surface area contributed by atoms with E-state index in [9.17, 15) is 13.9 Å². The van der Waals surface area contributed by atoms with Gasteiger partial charge < -0.3 is 15.2 Å². The summed E-state index contributed by atoms with van der Waals surface area (Å²) in [5.74, 6) is -0.502. The second-order valence-electron chi connectivity index (χ2n) is 6.74. The minimum atomic E-state index is -0.761. The standard InChI is InChI=1S/C20H19F2N3O2/c21-13-1-8-19(17(22)10-13)27-16-6-7-18-12(9-16)11-23-20(25-18)24-14-2-4-15(26)5-3-14/h1,6-11,14-15,26H,2-5H2,(H,23,24,25). The molecular weight excluding hydrogens is 352 g/mol.